The zero-order chi connectivity index (χ0) is 13.2. The van der Waals surface area contributed by atoms with Gasteiger partial charge in [-0.05, 0) is 13.8 Å². The highest BCUT2D eigenvalue weighted by molar-refractivity contribution is 7.89. The smallest absolute Gasteiger partial charge is 0.222 e. The van der Waals surface area contributed by atoms with Gasteiger partial charge in [0.25, 0.3) is 0 Å². The molecule has 0 spiro atoms. The van der Waals surface area contributed by atoms with Crippen LogP contribution in [0.15, 0.2) is 18.6 Å². The predicted molar refractivity (Wildman–Crippen MR) is 68.4 cm³/mol. The molecule has 1 fully saturated rings. The van der Waals surface area contributed by atoms with Crippen LogP contribution in [0.25, 0.3) is 0 Å². The van der Waals surface area contributed by atoms with E-state index in [0.29, 0.717) is 25.3 Å². The van der Waals surface area contributed by atoms with Gasteiger partial charge in [-0.3, -0.25) is 9.97 Å². The largest absolute Gasteiger partial charge is 0.314 e. The number of sulfonamides is 1. The van der Waals surface area contributed by atoms with Crippen LogP contribution >= 0.6 is 0 Å². The highest BCUT2D eigenvalue weighted by atomic mass is 32.2. The Morgan fingerprint density at radius 3 is 2.89 bits per heavy atom. The molecule has 6 nitrogen and oxygen atoms in total. The molecule has 0 aliphatic carbocycles. The fourth-order valence-corrected chi connectivity index (χ4v) is 3.83. The minimum absolute atomic E-state index is 0.0251. The molecule has 1 saturated heterocycles. The third-order valence-electron chi connectivity index (χ3n) is 3.21. The maximum absolute atomic E-state index is 12.5. The minimum Gasteiger partial charge on any atom is -0.314 e. The molecule has 18 heavy (non-hydrogen) atoms. The number of piperazine rings is 1. The summed E-state index contributed by atoms with van der Waals surface area (Å²) in [6.07, 6.45) is 4.56. The highest BCUT2D eigenvalue weighted by Crippen LogP contribution is 2.25. The van der Waals surface area contributed by atoms with E-state index in [4.69, 9.17) is 0 Å². The molecule has 2 atom stereocenters. The average molecular weight is 270 g/mol. The molecule has 0 saturated carbocycles. The number of hydrogen-bond acceptors (Lipinski definition) is 5. The maximum atomic E-state index is 12.5. The Bertz CT molecular complexity index is 491. The van der Waals surface area contributed by atoms with Crippen LogP contribution in [0.4, 0.5) is 0 Å². The van der Waals surface area contributed by atoms with Crippen LogP contribution in [0.3, 0.4) is 0 Å². The Balaban J connectivity index is 2.25. The molecule has 100 valence electrons. The SMILES string of the molecule is CC1CNCCN1S(=O)(=O)C(C)c1cnccn1. The summed E-state index contributed by atoms with van der Waals surface area (Å²) in [6, 6.07) is -0.0251. The molecule has 2 unspecified atom stereocenters. The predicted octanol–water partition coefficient (Wildman–Crippen LogP) is 0.161. The van der Waals surface area contributed by atoms with Crippen LogP contribution in [0.2, 0.25) is 0 Å². The van der Waals surface area contributed by atoms with Gasteiger partial charge in [0.15, 0.2) is 0 Å². The first-order valence-electron chi connectivity index (χ1n) is 6.00. The fourth-order valence-electron chi connectivity index (χ4n) is 2.08. The summed E-state index contributed by atoms with van der Waals surface area (Å²) in [7, 11) is -3.37. The van der Waals surface area contributed by atoms with Crippen molar-refractivity contribution >= 4 is 10.0 Å². The lowest BCUT2D eigenvalue weighted by Gasteiger charge is -2.34. The van der Waals surface area contributed by atoms with Crippen molar-refractivity contribution in [2.45, 2.75) is 25.1 Å². The lowest BCUT2D eigenvalue weighted by molar-refractivity contribution is 0.281. The van der Waals surface area contributed by atoms with Crippen LogP contribution in [0.5, 0.6) is 0 Å². The summed E-state index contributed by atoms with van der Waals surface area (Å²) < 4.78 is 26.6. The summed E-state index contributed by atoms with van der Waals surface area (Å²) in [4.78, 5) is 8.01. The Kier molecular flexibility index (Phi) is 3.94. The summed E-state index contributed by atoms with van der Waals surface area (Å²) in [5.74, 6) is 0. The quantitative estimate of drug-likeness (QED) is 0.847. The zero-order valence-electron chi connectivity index (χ0n) is 10.6. The number of rotatable bonds is 3. The number of nitrogens with one attached hydrogen (secondary N) is 1. The molecular weight excluding hydrogens is 252 g/mol. The Labute approximate surface area is 107 Å². The number of hydrogen-bond donors (Lipinski definition) is 1. The first-order valence-corrected chi connectivity index (χ1v) is 7.51. The van der Waals surface area contributed by atoms with Gasteiger partial charge in [-0.25, -0.2) is 8.42 Å². The topological polar surface area (TPSA) is 75.2 Å². The lowest BCUT2D eigenvalue weighted by atomic mass is 10.3. The van der Waals surface area contributed by atoms with Gasteiger partial charge in [-0.2, -0.15) is 4.31 Å². The van der Waals surface area contributed by atoms with E-state index < -0.39 is 15.3 Å². The third kappa shape index (κ3) is 2.52. The van der Waals surface area contributed by atoms with Crippen molar-refractivity contribution < 1.29 is 8.42 Å². The van der Waals surface area contributed by atoms with Crippen LogP contribution < -0.4 is 5.32 Å². The molecule has 1 aliphatic rings. The minimum atomic E-state index is -3.37. The van der Waals surface area contributed by atoms with Crippen LogP contribution in [0.1, 0.15) is 24.8 Å². The number of nitrogens with zero attached hydrogens (tertiary/aromatic N) is 3. The molecule has 0 bridgehead atoms. The first kappa shape index (κ1) is 13.4. The van der Waals surface area contributed by atoms with Crippen LogP contribution in [0, 0.1) is 0 Å². The van der Waals surface area contributed by atoms with Gasteiger partial charge < -0.3 is 5.32 Å². The Hall–Kier alpha value is -1.05. The third-order valence-corrected chi connectivity index (χ3v) is 5.54. The monoisotopic (exact) mass is 270 g/mol. The van der Waals surface area contributed by atoms with E-state index in [-0.39, 0.29) is 6.04 Å². The zero-order valence-corrected chi connectivity index (χ0v) is 11.4. The van der Waals surface area contributed by atoms with Gasteiger partial charge >= 0.3 is 0 Å². The van der Waals surface area contributed by atoms with Gasteiger partial charge in [0, 0.05) is 44.3 Å². The summed E-state index contributed by atoms with van der Waals surface area (Å²) in [5.41, 5.74) is 0.489. The van der Waals surface area contributed by atoms with Gasteiger partial charge in [-0.1, -0.05) is 0 Å². The van der Waals surface area contributed by atoms with Crippen LogP contribution in [-0.4, -0.2) is 48.4 Å². The molecule has 1 N–H and O–H groups in total. The first-order chi connectivity index (χ1) is 8.53. The molecule has 2 rings (SSSR count). The molecule has 0 aromatic carbocycles. The Morgan fingerprint density at radius 2 is 2.28 bits per heavy atom. The van der Waals surface area contributed by atoms with Gasteiger partial charge in [0.2, 0.25) is 10.0 Å². The van der Waals surface area contributed by atoms with Gasteiger partial charge in [-0.15, -0.1) is 0 Å². The average Bonchev–Trinajstić information content (AvgIpc) is 2.39. The summed E-state index contributed by atoms with van der Waals surface area (Å²) >= 11 is 0. The fraction of sp³-hybridized carbons (Fsp3) is 0.636. The van der Waals surface area contributed by atoms with Crippen molar-refractivity contribution in [1.82, 2.24) is 19.6 Å². The molecule has 1 aliphatic heterocycles. The van der Waals surface area contributed by atoms with E-state index in [1.807, 2.05) is 6.92 Å². The molecule has 1 aromatic heterocycles. The summed E-state index contributed by atoms with van der Waals surface area (Å²) in [5, 5.41) is 2.52. The highest BCUT2D eigenvalue weighted by Gasteiger charge is 2.35. The van der Waals surface area contributed by atoms with Crippen molar-refractivity contribution in [3.05, 3.63) is 24.3 Å². The van der Waals surface area contributed by atoms with Gasteiger partial charge in [0.1, 0.15) is 5.25 Å². The Morgan fingerprint density at radius 1 is 1.50 bits per heavy atom. The van der Waals surface area contributed by atoms with E-state index in [1.54, 1.807) is 11.2 Å². The molecule has 1 aromatic rings. The lowest BCUT2D eigenvalue weighted by Crippen LogP contribution is -2.53. The second-order valence-corrected chi connectivity index (χ2v) is 6.69. The standard InChI is InChI=1S/C11H18N4O2S/c1-9-7-13-5-6-15(9)18(16,17)10(2)11-8-12-3-4-14-11/h3-4,8-10,13H,5-7H2,1-2H3. The van der Waals surface area contributed by atoms with Crippen LogP contribution in [-0.2, 0) is 10.0 Å². The number of aromatic nitrogens is 2. The summed E-state index contributed by atoms with van der Waals surface area (Å²) in [6.45, 7) is 5.46. The second-order valence-electron chi connectivity index (χ2n) is 4.48. The van der Waals surface area contributed by atoms with Crippen molar-refractivity contribution in [2.24, 2.45) is 0 Å². The molecule has 0 radical (unpaired) electrons. The van der Waals surface area contributed by atoms with E-state index in [9.17, 15) is 8.42 Å². The van der Waals surface area contributed by atoms with E-state index in [1.165, 1.54) is 18.6 Å². The normalized spacial score (nSPS) is 23.8. The molecular formula is C11H18N4O2S. The van der Waals surface area contributed by atoms with Crippen molar-refractivity contribution in [3.63, 3.8) is 0 Å². The van der Waals surface area contributed by atoms with Gasteiger partial charge in [0.05, 0.1) is 5.69 Å². The maximum Gasteiger partial charge on any atom is 0.222 e. The van der Waals surface area contributed by atoms with E-state index in [2.05, 4.69) is 15.3 Å². The molecule has 7 heteroatoms. The van der Waals surface area contributed by atoms with Crippen molar-refractivity contribution in [1.29, 1.82) is 0 Å². The van der Waals surface area contributed by atoms with E-state index >= 15 is 0 Å². The van der Waals surface area contributed by atoms with Crippen molar-refractivity contribution in [3.8, 4) is 0 Å². The van der Waals surface area contributed by atoms with E-state index in [0.717, 1.165) is 0 Å². The van der Waals surface area contributed by atoms with Crippen molar-refractivity contribution in [2.75, 3.05) is 19.6 Å². The second kappa shape index (κ2) is 5.29. The molecule has 2 heterocycles. The molecule has 0 amide bonds.